The Morgan fingerprint density at radius 2 is 1.50 bits per heavy atom. The molecule has 0 aromatic carbocycles. The quantitative estimate of drug-likeness (QED) is 0.725. The highest BCUT2D eigenvalue weighted by molar-refractivity contribution is 4.79. The van der Waals surface area contributed by atoms with E-state index >= 15 is 0 Å². The summed E-state index contributed by atoms with van der Waals surface area (Å²) in [6.45, 7) is 17.2. The highest BCUT2D eigenvalue weighted by Gasteiger charge is 2.24. The van der Waals surface area contributed by atoms with E-state index in [1.807, 2.05) is 0 Å². The van der Waals surface area contributed by atoms with Gasteiger partial charge < -0.3 is 5.32 Å². The van der Waals surface area contributed by atoms with Gasteiger partial charge in [0.25, 0.3) is 0 Å². The minimum Gasteiger partial charge on any atom is -0.312 e. The largest absolute Gasteiger partial charge is 0.312 e. The van der Waals surface area contributed by atoms with E-state index in [2.05, 4.69) is 53.8 Å². The molecule has 0 saturated heterocycles. The third-order valence-corrected chi connectivity index (χ3v) is 2.74. The van der Waals surface area contributed by atoms with Gasteiger partial charge in [0, 0.05) is 5.54 Å². The molecule has 0 heterocycles. The van der Waals surface area contributed by atoms with Crippen molar-refractivity contribution >= 4 is 0 Å². The Morgan fingerprint density at radius 1 is 1.00 bits per heavy atom. The van der Waals surface area contributed by atoms with Crippen LogP contribution in [0.3, 0.4) is 0 Å². The summed E-state index contributed by atoms with van der Waals surface area (Å²) in [6.07, 6.45) is 2.61. The summed E-state index contributed by atoms with van der Waals surface area (Å²) in [5, 5.41) is 3.61. The number of hydrogen-bond donors (Lipinski definition) is 1. The maximum atomic E-state index is 3.61. The molecule has 1 N–H and O–H groups in total. The zero-order valence-electron chi connectivity index (χ0n) is 11.2. The molecule has 14 heavy (non-hydrogen) atoms. The van der Waals surface area contributed by atoms with Crippen molar-refractivity contribution in [2.75, 3.05) is 6.54 Å². The van der Waals surface area contributed by atoms with Crippen molar-refractivity contribution in [3.8, 4) is 0 Å². The van der Waals surface area contributed by atoms with Gasteiger partial charge in [0.1, 0.15) is 0 Å². The van der Waals surface area contributed by atoms with Crippen molar-refractivity contribution in [1.29, 1.82) is 0 Å². The predicted octanol–water partition coefficient (Wildman–Crippen LogP) is 3.84. The molecular formula is C13H29N. The van der Waals surface area contributed by atoms with Crippen LogP contribution in [0.15, 0.2) is 0 Å². The molecule has 0 aromatic heterocycles. The summed E-state index contributed by atoms with van der Waals surface area (Å²) in [4.78, 5) is 0. The molecule has 1 nitrogen and oxygen atoms in total. The summed E-state index contributed by atoms with van der Waals surface area (Å²) in [5.74, 6) is 0.784. The van der Waals surface area contributed by atoms with Crippen LogP contribution in [-0.2, 0) is 0 Å². The molecule has 0 bridgehead atoms. The molecule has 0 aliphatic heterocycles. The van der Waals surface area contributed by atoms with E-state index in [1.165, 1.54) is 12.8 Å². The summed E-state index contributed by atoms with van der Waals surface area (Å²) in [6, 6.07) is 0. The minimum absolute atomic E-state index is 0.247. The smallest absolute Gasteiger partial charge is 0.00966 e. The Hall–Kier alpha value is -0.0400. The standard InChI is InChI=1S/C13H29N/c1-8-9-11(12(2,3)4)10-14-13(5,6)7/h11,14H,8-10H2,1-7H3. The Labute approximate surface area is 90.7 Å². The molecule has 0 radical (unpaired) electrons. The molecule has 0 saturated carbocycles. The zero-order valence-corrected chi connectivity index (χ0v) is 11.2. The fourth-order valence-electron chi connectivity index (χ4n) is 1.62. The normalized spacial score (nSPS) is 15.6. The summed E-state index contributed by atoms with van der Waals surface area (Å²) >= 11 is 0. The third-order valence-electron chi connectivity index (χ3n) is 2.74. The Balaban J connectivity index is 4.12. The fourth-order valence-corrected chi connectivity index (χ4v) is 1.62. The lowest BCUT2D eigenvalue weighted by Gasteiger charge is -2.33. The lowest BCUT2D eigenvalue weighted by molar-refractivity contribution is 0.202. The van der Waals surface area contributed by atoms with E-state index in [-0.39, 0.29) is 5.54 Å². The van der Waals surface area contributed by atoms with Crippen molar-refractivity contribution < 1.29 is 0 Å². The predicted molar refractivity (Wildman–Crippen MR) is 65.6 cm³/mol. The van der Waals surface area contributed by atoms with Gasteiger partial charge in [-0.2, -0.15) is 0 Å². The van der Waals surface area contributed by atoms with Gasteiger partial charge in [-0.05, 0) is 45.1 Å². The van der Waals surface area contributed by atoms with Gasteiger partial charge in [0.15, 0.2) is 0 Å². The lowest BCUT2D eigenvalue weighted by Crippen LogP contribution is -2.42. The monoisotopic (exact) mass is 199 g/mol. The van der Waals surface area contributed by atoms with Crippen LogP contribution < -0.4 is 5.32 Å². The zero-order chi connectivity index (χ0) is 11.4. The van der Waals surface area contributed by atoms with Crippen LogP contribution in [0, 0.1) is 11.3 Å². The summed E-state index contributed by atoms with van der Waals surface area (Å²) in [7, 11) is 0. The van der Waals surface area contributed by atoms with E-state index in [4.69, 9.17) is 0 Å². The van der Waals surface area contributed by atoms with E-state index in [0.29, 0.717) is 5.41 Å². The molecule has 0 fully saturated rings. The van der Waals surface area contributed by atoms with E-state index in [9.17, 15) is 0 Å². The maximum Gasteiger partial charge on any atom is 0.00966 e. The van der Waals surface area contributed by atoms with Crippen LogP contribution in [0.1, 0.15) is 61.3 Å². The second kappa shape index (κ2) is 5.16. The average molecular weight is 199 g/mol. The first-order valence-corrected chi connectivity index (χ1v) is 5.92. The Kier molecular flexibility index (Phi) is 5.14. The number of rotatable bonds is 4. The molecule has 0 aromatic rings. The van der Waals surface area contributed by atoms with Gasteiger partial charge in [0.05, 0.1) is 0 Å². The van der Waals surface area contributed by atoms with Crippen molar-refractivity contribution in [3.05, 3.63) is 0 Å². The van der Waals surface area contributed by atoms with Gasteiger partial charge in [-0.25, -0.2) is 0 Å². The first-order chi connectivity index (χ1) is 6.17. The fraction of sp³-hybridized carbons (Fsp3) is 1.00. The van der Waals surface area contributed by atoms with Crippen LogP contribution >= 0.6 is 0 Å². The lowest BCUT2D eigenvalue weighted by atomic mass is 9.78. The molecule has 0 amide bonds. The van der Waals surface area contributed by atoms with Crippen molar-refractivity contribution in [2.45, 2.75) is 66.8 Å². The molecule has 0 aliphatic carbocycles. The van der Waals surface area contributed by atoms with E-state index in [1.54, 1.807) is 0 Å². The van der Waals surface area contributed by atoms with E-state index in [0.717, 1.165) is 12.5 Å². The second-order valence-corrected chi connectivity index (χ2v) is 6.48. The first kappa shape index (κ1) is 14.0. The number of hydrogen-bond acceptors (Lipinski definition) is 1. The van der Waals surface area contributed by atoms with Crippen LogP contribution in [0.4, 0.5) is 0 Å². The molecule has 1 heteroatoms. The van der Waals surface area contributed by atoms with Crippen LogP contribution in [0.25, 0.3) is 0 Å². The topological polar surface area (TPSA) is 12.0 Å². The molecule has 0 spiro atoms. The second-order valence-electron chi connectivity index (χ2n) is 6.48. The molecule has 86 valence electrons. The highest BCUT2D eigenvalue weighted by Crippen LogP contribution is 2.29. The van der Waals surface area contributed by atoms with Gasteiger partial charge in [0.2, 0.25) is 0 Å². The van der Waals surface area contributed by atoms with Crippen LogP contribution in [-0.4, -0.2) is 12.1 Å². The van der Waals surface area contributed by atoms with Crippen molar-refractivity contribution in [3.63, 3.8) is 0 Å². The Bertz CT molecular complexity index is 148. The average Bonchev–Trinajstić information content (AvgIpc) is 1.93. The van der Waals surface area contributed by atoms with Gasteiger partial charge in [-0.1, -0.05) is 34.1 Å². The summed E-state index contributed by atoms with van der Waals surface area (Å²) in [5.41, 5.74) is 0.672. The maximum absolute atomic E-state index is 3.61. The van der Waals surface area contributed by atoms with E-state index < -0.39 is 0 Å². The number of nitrogens with one attached hydrogen (secondary N) is 1. The van der Waals surface area contributed by atoms with Crippen molar-refractivity contribution in [2.24, 2.45) is 11.3 Å². The van der Waals surface area contributed by atoms with Crippen molar-refractivity contribution in [1.82, 2.24) is 5.32 Å². The Morgan fingerprint density at radius 3 is 1.79 bits per heavy atom. The highest BCUT2D eigenvalue weighted by atomic mass is 14.9. The van der Waals surface area contributed by atoms with Gasteiger partial charge in [-0.15, -0.1) is 0 Å². The molecule has 1 atom stereocenters. The summed E-state index contributed by atoms with van der Waals surface area (Å²) < 4.78 is 0. The van der Waals surface area contributed by atoms with Crippen LogP contribution in [0.5, 0.6) is 0 Å². The third kappa shape index (κ3) is 6.42. The molecule has 0 rings (SSSR count). The molecule has 1 unspecified atom stereocenters. The SMILES string of the molecule is CCCC(CNC(C)(C)C)C(C)(C)C. The van der Waals surface area contributed by atoms with Gasteiger partial charge >= 0.3 is 0 Å². The molecular weight excluding hydrogens is 170 g/mol. The molecule has 0 aliphatic rings. The minimum atomic E-state index is 0.247. The van der Waals surface area contributed by atoms with Crippen LogP contribution in [0.2, 0.25) is 0 Å². The first-order valence-electron chi connectivity index (χ1n) is 5.92. The van der Waals surface area contributed by atoms with Gasteiger partial charge in [-0.3, -0.25) is 0 Å².